The molecule has 1 aliphatic rings. The minimum absolute atomic E-state index is 0.269. The number of nitrogens with one attached hydrogen (secondary N) is 2. The number of rotatable bonds is 2. The van der Waals surface area contributed by atoms with Crippen molar-refractivity contribution < 1.29 is 4.39 Å². The van der Waals surface area contributed by atoms with Crippen molar-refractivity contribution in [3.05, 3.63) is 29.6 Å². The number of anilines is 1. The summed E-state index contributed by atoms with van der Waals surface area (Å²) in [4.78, 5) is 0. The molecule has 1 saturated carbocycles. The van der Waals surface area contributed by atoms with E-state index in [9.17, 15) is 4.39 Å². The molecule has 0 spiro atoms. The third kappa shape index (κ3) is 2.65. The molecule has 0 aliphatic heterocycles. The lowest BCUT2D eigenvalue weighted by molar-refractivity contribution is 0.631. The predicted molar refractivity (Wildman–Crippen MR) is 63.5 cm³/mol. The fourth-order valence-electron chi connectivity index (χ4n) is 1.35. The lowest BCUT2D eigenvalue weighted by atomic mass is 10.2. The lowest BCUT2D eigenvalue weighted by Gasteiger charge is -2.12. The van der Waals surface area contributed by atoms with Crippen LogP contribution in [0.3, 0.4) is 0 Å². The van der Waals surface area contributed by atoms with Crippen LogP contribution in [0.1, 0.15) is 18.4 Å². The first-order chi connectivity index (χ1) is 7.16. The van der Waals surface area contributed by atoms with E-state index >= 15 is 0 Å². The van der Waals surface area contributed by atoms with Crippen molar-refractivity contribution >= 4 is 23.0 Å². The van der Waals surface area contributed by atoms with E-state index < -0.39 is 0 Å². The zero-order chi connectivity index (χ0) is 10.8. The third-order valence-corrected chi connectivity index (χ3v) is 2.59. The maximum atomic E-state index is 13.4. The summed E-state index contributed by atoms with van der Waals surface area (Å²) in [6, 6.07) is 5.45. The van der Waals surface area contributed by atoms with Crippen molar-refractivity contribution in [1.29, 1.82) is 0 Å². The number of hydrogen-bond donors (Lipinski definition) is 2. The van der Waals surface area contributed by atoms with Crippen LogP contribution in [0.15, 0.2) is 18.2 Å². The van der Waals surface area contributed by atoms with Gasteiger partial charge >= 0.3 is 0 Å². The van der Waals surface area contributed by atoms with Crippen LogP contribution >= 0.6 is 12.2 Å². The molecule has 4 heteroatoms. The number of benzene rings is 1. The maximum Gasteiger partial charge on any atom is 0.171 e. The second-order valence-electron chi connectivity index (χ2n) is 3.80. The Bertz CT molecular complexity index is 368. The van der Waals surface area contributed by atoms with Crippen LogP contribution in [0.5, 0.6) is 0 Å². The van der Waals surface area contributed by atoms with E-state index in [4.69, 9.17) is 12.2 Å². The molecule has 0 atom stereocenters. The predicted octanol–water partition coefficient (Wildman–Crippen LogP) is 2.58. The number of thiocarbonyl (C=S) groups is 1. The summed E-state index contributed by atoms with van der Waals surface area (Å²) in [7, 11) is 0. The van der Waals surface area contributed by atoms with Crippen LogP contribution in [-0.2, 0) is 0 Å². The van der Waals surface area contributed by atoms with Crippen LogP contribution in [0.4, 0.5) is 10.1 Å². The van der Waals surface area contributed by atoms with Gasteiger partial charge in [0, 0.05) is 6.04 Å². The Morgan fingerprint density at radius 2 is 2.20 bits per heavy atom. The van der Waals surface area contributed by atoms with Crippen molar-refractivity contribution in [2.45, 2.75) is 25.8 Å². The fraction of sp³-hybridized carbons (Fsp3) is 0.364. The van der Waals surface area contributed by atoms with Crippen molar-refractivity contribution in [1.82, 2.24) is 5.32 Å². The highest BCUT2D eigenvalue weighted by Gasteiger charge is 2.22. The van der Waals surface area contributed by atoms with E-state index in [1.54, 1.807) is 6.07 Å². The Balaban J connectivity index is 2.05. The Labute approximate surface area is 93.9 Å². The molecule has 0 amide bonds. The largest absolute Gasteiger partial charge is 0.360 e. The summed E-state index contributed by atoms with van der Waals surface area (Å²) >= 11 is 5.08. The minimum atomic E-state index is -0.269. The third-order valence-electron chi connectivity index (χ3n) is 2.37. The molecule has 2 N–H and O–H groups in total. The fourth-order valence-corrected chi connectivity index (χ4v) is 1.62. The quantitative estimate of drug-likeness (QED) is 0.755. The van der Waals surface area contributed by atoms with Crippen LogP contribution < -0.4 is 10.6 Å². The molecule has 1 aromatic rings. The average molecular weight is 224 g/mol. The summed E-state index contributed by atoms with van der Waals surface area (Å²) < 4.78 is 13.4. The molecule has 1 aliphatic carbocycles. The molecule has 0 radical (unpaired) electrons. The molecule has 15 heavy (non-hydrogen) atoms. The summed E-state index contributed by atoms with van der Waals surface area (Å²) in [5.74, 6) is -0.269. The molecule has 1 aromatic carbocycles. The first-order valence-corrected chi connectivity index (χ1v) is 5.40. The van der Waals surface area contributed by atoms with Gasteiger partial charge in [0.05, 0.1) is 5.69 Å². The van der Waals surface area contributed by atoms with Crippen LogP contribution in [0.2, 0.25) is 0 Å². The molecular weight excluding hydrogens is 211 g/mol. The Morgan fingerprint density at radius 1 is 1.47 bits per heavy atom. The van der Waals surface area contributed by atoms with Gasteiger partial charge in [-0.15, -0.1) is 0 Å². The van der Waals surface area contributed by atoms with Crippen LogP contribution in [0, 0.1) is 12.7 Å². The van der Waals surface area contributed by atoms with E-state index in [0.29, 0.717) is 16.8 Å². The monoisotopic (exact) mass is 224 g/mol. The van der Waals surface area contributed by atoms with Crippen molar-refractivity contribution in [2.24, 2.45) is 0 Å². The Kier molecular flexibility index (Phi) is 2.86. The molecule has 0 heterocycles. The van der Waals surface area contributed by atoms with Crippen molar-refractivity contribution in [2.75, 3.05) is 5.32 Å². The SMILES string of the molecule is Cc1cccc(F)c1NC(=S)NC1CC1. The van der Waals surface area contributed by atoms with Crippen molar-refractivity contribution in [3.63, 3.8) is 0 Å². The zero-order valence-corrected chi connectivity index (χ0v) is 9.33. The number of aryl methyl sites for hydroxylation is 1. The lowest BCUT2D eigenvalue weighted by Crippen LogP contribution is -2.30. The second kappa shape index (κ2) is 4.14. The number of para-hydroxylation sites is 1. The van der Waals surface area contributed by atoms with Crippen molar-refractivity contribution in [3.8, 4) is 0 Å². The van der Waals surface area contributed by atoms with E-state index in [0.717, 1.165) is 18.4 Å². The molecule has 2 rings (SSSR count). The van der Waals surface area contributed by atoms with Gasteiger partial charge in [-0.2, -0.15) is 0 Å². The summed E-state index contributed by atoms with van der Waals surface area (Å²) in [6.07, 6.45) is 2.30. The molecular formula is C11H13FN2S. The van der Waals surface area contributed by atoms with Gasteiger partial charge in [-0.1, -0.05) is 12.1 Å². The maximum absolute atomic E-state index is 13.4. The number of hydrogen-bond acceptors (Lipinski definition) is 1. The highest BCUT2D eigenvalue weighted by Crippen LogP contribution is 2.21. The molecule has 2 nitrogen and oxygen atoms in total. The molecule has 0 bridgehead atoms. The average Bonchev–Trinajstić information content (AvgIpc) is 2.95. The summed E-state index contributed by atoms with van der Waals surface area (Å²) in [5, 5.41) is 6.51. The normalized spacial score (nSPS) is 14.8. The highest BCUT2D eigenvalue weighted by atomic mass is 32.1. The van der Waals surface area contributed by atoms with Gasteiger partial charge in [0.1, 0.15) is 5.82 Å². The first-order valence-electron chi connectivity index (χ1n) is 4.99. The van der Waals surface area contributed by atoms with E-state index in [-0.39, 0.29) is 5.82 Å². The van der Waals surface area contributed by atoms with Gasteiger partial charge in [-0.25, -0.2) is 4.39 Å². The van der Waals surface area contributed by atoms with Gasteiger partial charge in [0.25, 0.3) is 0 Å². The van der Waals surface area contributed by atoms with Gasteiger partial charge in [0.15, 0.2) is 5.11 Å². The van der Waals surface area contributed by atoms with Gasteiger partial charge < -0.3 is 10.6 Å². The summed E-state index contributed by atoms with van der Waals surface area (Å²) in [5.41, 5.74) is 1.32. The Morgan fingerprint density at radius 3 is 2.80 bits per heavy atom. The standard InChI is InChI=1S/C11H13FN2S/c1-7-3-2-4-9(12)10(7)14-11(15)13-8-5-6-8/h2-4,8H,5-6H2,1H3,(H2,13,14,15). The minimum Gasteiger partial charge on any atom is -0.360 e. The summed E-state index contributed by atoms with van der Waals surface area (Å²) in [6.45, 7) is 1.85. The van der Waals surface area contributed by atoms with Gasteiger partial charge in [0.2, 0.25) is 0 Å². The highest BCUT2D eigenvalue weighted by molar-refractivity contribution is 7.80. The number of halogens is 1. The smallest absolute Gasteiger partial charge is 0.171 e. The van der Waals surface area contributed by atoms with Crippen LogP contribution in [-0.4, -0.2) is 11.2 Å². The first kappa shape index (κ1) is 10.4. The Hall–Kier alpha value is -1.16. The zero-order valence-electron chi connectivity index (χ0n) is 8.51. The molecule has 1 fully saturated rings. The molecule has 0 saturated heterocycles. The molecule has 80 valence electrons. The van der Waals surface area contributed by atoms with E-state index in [1.165, 1.54) is 6.07 Å². The molecule has 0 aromatic heterocycles. The van der Waals surface area contributed by atoms with Gasteiger partial charge in [-0.05, 0) is 43.6 Å². The second-order valence-corrected chi connectivity index (χ2v) is 4.21. The van der Waals surface area contributed by atoms with E-state index in [2.05, 4.69) is 10.6 Å². The topological polar surface area (TPSA) is 24.1 Å². The van der Waals surface area contributed by atoms with Crippen LogP contribution in [0.25, 0.3) is 0 Å². The van der Waals surface area contributed by atoms with E-state index in [1.807, 2.05) is 13.0 Å². The van der Waals surface area contributed by atoms with Gasteiger partial charge in [-0.3, -0.25) is 0 Å². The molecule has 0 unspecified atom stereocenters.